The number of halogens is 2. The Balaban J connectivity index is 2.98. The van der Waals surface area contributed by atoms with Crippen LogP contribution in [-0.4, -0.2) is 4.98 Å². The van der Waals surface area contributed by atoms with E-state index in [4.69, 9.17) is 11.6 Å². The number of benzene rings is 1. The van der Waals surface area contributed by atoms with E-state index in [9.17, 15) is 0 Å². The molecule has 62 valence electrons. The van der Waals surface area contributed by atoms with Crippen molar-refractivity contribution in [1.29, 1.82) is 0 Å². The van der Waals surface area contributed by atoms with Crippen LogP contribution in [0.4, 0.5) is 0 Å². The van der Waals surface area contributed by atoms with Crippen LogP contribution in [0.2, 0.25) is 5.02 Å². The van der Waals surface area contributed by atoms with Gasteiger partial charge in [-0.1, -0.05) is 17.7 Å². The number of aromatic amines is 1. The van der Waals surface area contributed by atoms with Crippen LogP contribution < -0.4 is 0 Å². The molecule has 1 N–H and O–H groups in total. The van der Waals surface area contributed by atoms with Gasteiger partial charge in [0, 0.05) is 15.2 Å². The van der Waals surface area contributed by atoms with Crippen molar-refractivity contribution in [3.05, 3.63) is 32.5 Å². The van der Waals surface area contributed by atoms with Gasteiger partial charge in [-0.25, -0.2) is 0 Å². The third-order valence-corrected chi connectivity index (χ3v) is 3.14. The molecule has 0 saturated carbocycles. The van der Waals surface area contributed by atoms with Crippen LogP contribution in [0.25, 0.3) is 10.9 Å². The van der Waals surface area contributed by atoms with Crippen LogP contribution in [0.1, 0.15) is 5.56 Å². The summed E-state index contributed by atoms with van der Waals surface area (Å²) >= 11 is 8.31. The summed E-state index contributed by atoms with van der Waals surface area (Å²) in [7, 11) is 0. The fourth-order valence-electron chi connectivity index (χ4n) is 1.31. The molecule has 2 aromatic rings. The minimum atomic E-state index is 0.804. The monoisotopic (exact) mass is 291 g/mol. The van der Waals surface area contributed by atoms with Crippen LogP contribution >= 0.6 is 34.2 Å². The molecule has 3 heteroatoms. The minimum absolute atomic E-state index is 0.804. The number of rotatable bonds is 0. The molecule has 0 aliphatic carbocycles. The zero-order chi connectivity index (χ0) is 8.72. The normalized spacial score (nSPS) is 10.9. The molecule has 2 rings (SSSR count). The van der Waals surface area contributed by atoms with Gasteiger partial charge in [-0.2, -0.15) is 0 Å². The number of aromatic nitrogens is 1. The molecule has 1 aromatic carbocycles. The first-order valence-corrected chi connectivity index (χ1v) is 5.07. The van der Waals surface area contributed by atoms with Gasteiger partial charge in [-0.15, -0.1) is 0 Å². The Hall–Kier alpha value is -0.220. The summed E-state index contributed by atoms with van der Waals surface area (Å²) in [5.41, 5.74) is 2.38. The van der Waals surface area contributed by atoms with Crippen molar-refractivity contribution in [2.24, 2.45) is 0 Å². The lowest BCUT2D eigenvalue weighted by Crippen LogP contribution is -1.78. The molecule has 0 radical (unpaired) electrons. The highest BCUT2D eigenvalue weighted by atomic mass is 127. The Morgan fingerprint density at radius 2 is 2.17 bits per heavy atom. The lowest BCUT2D eigenvalue weighted by molar-refractivity contribution is 1.41. The van der Waals surface area contributed by atoms with Crippen LogP contribution in [-0.2, 0) is 0 Å². The Labute approximate surface area is 89.3 Å². The van der Waals surface area contributed by atoms with Gasteiger partial charge in [-0.05, 0) is 41.1 Å². The van der Waals surface area contributed by atoms with Crippen molar-refractivity contribution in [2.45, 2.75) is 6.92 Å². The Morgan fingerprint density at radius 3 is 2.83 bits per heavy atom. The smallest absolute Gasteiger partial charge is 0.0670 e. The molecule has 0 bridgehead atoms. The molecular weight excluding hydrogens is 284 g/mol. The molecule has 0 fully saturated rings. The fraction of sp³-hybridized carbons (Fsp3) is 0.111. The predicted octanol–water partition coefficient (Wildman–Crippen LogP) is 3.73. The molecule has 0 aliphatic rings. The summed E-state index contributed by atoms with van der Waals surface area (Å²) < 4.78 is 1.19. The molecule has 1 aromatic heterocycles. The average molecular weight is 292 g/mol. The van der Waals surface area contributed by atoms with Crippen molar-refractivity contribution >= 4 is 45.1 Å². The molecule has 1 nitrogen and oxygen atoms in total. The summed E-state index contributed by atoms with van der Waals surface area (Å²) in [5.74, 6) is 0. The van der Waals surface area contributed by atoms with E-state index in [1.165, 1.54) is 9.13 Å². The third-order valence-electron chi connectivity index (χ3n) is 1.94. The van der Waals surface area contributed by atoms with E-state index >= 15 is 0 Å². The highest BCUT2D eigenvalue weighted by Crippen LogP contribution is 2.29. The molecule has 12 heavy (non-hydrogen) atoms. The van der Waals surface area contributed by atoms with Gasteiger partial charge in [-0.3, -0.25) is 0 Å². The van der Waals surface area contributed by atoms with E-state index in [-0.39, 0.29) is 0 Å². The van der Waals surface area contributed by atoms with Gasteiger partial charge >= 0.3 is 0 Å². The molecule has 1 heterocycles. The lowest BCUT2D eigenvalue weighted by Gasteiger charge is -1.98. The molecule has 0 amide bonds. The Morgan fingerprint density at radius 1 is 1.42 bits per heavy atom. The Kier molecular flexibility index (Phi) is 2.04. The molecule has 0 saturated heterocycles. The van der Waals surface area contributed by atoms with Crippen molar-refractivity contribution in [3.63, 3.8) is 0 Å². The van der Waals surface area contributed by atoms with E-state index in [1.54, 1.807) is 0 Å². The standard InChI is InChI=1S/C9H7ClIN/c1-5-2-3-7(11)8-6(10)4-12-9(5)8/h2-4,12H,1H3. The number of hydrogen-bond acceptors (Lipinski definition) is 0. The van der Waals surface area contributed by atoms with E-state index < -0.39 is 0 Å². The maximum atomic E-state index is 6.01. The zero-order valence-electron chi connectivity index (χ0n) is 6.49. The van der Waals surface area contributed by atoms with Gasteiger partial charge < -0.3 is 4.98 Å². The first kappa shape index (κ1) is 8.38. The van der Waals surface area contributed by atoms with Crippen molar-refractivity contribution in [2.75, 3.05) is 0 Å². The topological polar surface area (TPSA) is 15.8 Å². The summed E-state index contributed by atoms with van der Waals surface area (Å²) in [4.78, 5) is 3.16. The predicted molar refractivity (Wildman–Crippen MR) is 60.8 cm³/mol. The van der Waals surface area contributed by atoms with E-state index in [1.807, 2.05) is 6.20 Å². The van der Waals surface area contributed by atoms with E-state index in [2.05, 4.69) is 46.6 Å². The number of hydrogen-bond donors (Lipinski definition) is 1. The molecule has 0 spiro atoms. The molecule has 0 unspecified atom stereocenters. The highest BCUT2D eigenvalue weighted by molar-refractivity contribution is 14.1. The second kappa shape index (κ2) is 2.92. The van der Waals surface area contributed by atoms with Crippen molar-refractivity contribution < 1.29 is 0 Å². The van der Waals surface area contributed by atoms with Gasteiger partial charge in [0.15, 0.2) is 0 Å². The first-order chi connectivity index (χ1) is 5.70. The number of nitrogens with one attached hydrogen (secondary N) is 1. The molecule has 0 atom stereocenters. The van der Waals surface area contributed by atoms with Crippen LogP contribution in [0.3, 0.4) is 0 Å². The second-order valence-electron chi connectivity index (χ2n) is 2.75. The number of fused-ring (bicyclic) bond motifs is 1. The van der Waals surface area contributed by atoms with Crippen LogP contribution in [0.5, 0.6) is 0 Å². The van der Waals surface area contributed by atoms with Crippen molar-refractivity contribution in [3.8, 4) is 0 Å². The van der Waals surface area contributed by atoms with Gasteiger partial charge in [0.25, 0.3) is 0 Å². The zero-order valence-corrected chi connectivity index (χ0v) is 9.40. The van der Waals surface area contributed by atoms with Gasteiger partial charge in [0.05, 0.1) is 10.5 Å². The SMILES string of the molecule is Cc1ccc(I)c2c(Cl)c[nH]c12. The summed E-state index contributed by atoms with van der Waals surface area (Å²) in [6, 6.07) is 4.18. The highest BCUT2D eigenvalue weighted by Gasteiger charge is 2.06. The maximum absolute atomic E-state index is 6.01. The maximum Gasteiger partial charge on any atom is 0.0670 e. The number of H-pyrrole nitrogens is 1. The first-order valence-electron chi connectivity index (χ1n) is 3.62. The minimum Gasteiger partial charge on any atom is -0.359 e. The molecular formula is C9H7ClIN. The van der Waals surface area contributed by atoms with E-state index in [0.29, 0.717) is 0 Å². The van der Waals surface area contributed by atoms with Gasteiger partial charge in [0.2, 0.25) is 0 Å². The lowest BCUT2D eigenvalue weighted by atomic mass is 10.2. The molecule has 0 aliphatic heterocycles. The largest absolute Gasteiger partial charge is 0.359 e. The van der Waals surface area contributed by atoms with Crippen molar-refractivity contribution in [1.82, 2.24) is 4.98 Å². The van der Waals surface area contributed by atoms with Gasteiger partial charge in [0.1, 0.15) is 0 Å². The van der Waals surface area contributed by atoms with Crippen LogP contribution in [0, 0.1) is 10.5 Å². The summed E-state index contributed by atoms with van der Waals surface area (Å²) in [6.45, 7) is 2.07. The third kappa shape index (κ3) is 1.13. The summed E-state index contributed by atoms with van der Waals surface area (Å²) in [6.07, 6.45) is 1.83. The Bertz CT molecular complexity index is 433. The number of aryl methyl sites for hydroxylation is 1. The van der Waals surface area contributed by atoms with E-state index in [0.717, 1.165) is 15.9 Å². The quantitative estimate of drug-likeness (QED) is 0.712. The average Bonchev–Trinajstić information content (AvgIpc) is 2.42. The second-order valence-corrected chi connectivity index (χ2v) is 4.32. The van der Waals surface area contributed by atoms with Crippen LogP contribution in [0.15, 0.2) is 18.3 Å². The fourth-order valence-corrected chi connectivity index (χ4v) is 2.46. The summed E-state index contributed by atoms with van der Waals surface area (Å²) in [5, 5.41) is 1.94.